The van der Waals surface area contributed by atoms with Crippen LogP contribution in [-0.2, 0) is 0 Å². The molecule has 2 amide bonds. The first-order chi connectivity index (χ1) is 6.81. The summed E-state index contributed by atoms with van der Waals surface area (Å²) < 4.78 is 0. The fourth-order valence-electron chi connectivity index (χ4n) is 1.74. The summed E-state index contributed by atoms with van der Waals surface area (Å²) in [6, 6.07) is 0.802. The average Bonchev–Trinajstić information content (AvgIpc) is 2.84. The van der Waals surface area contributed by atoms with E-state index in [1.807, 2.05) is 0 Å². The average molecular weight is 198 g/mol. The van der Waals surface area contributed by atoms with Gasteiger partial charge in [0.2, 0.25) is 0 Å². The van der Waals surface area contributed by atoms with Gasteiger partial charge in [-0.25, -0.2) is 4.79 Å². The van der Waals surface area contributed by atoms with E-state index in [1.54, 1.807) is 4.90 Å². The van der Waals surface area contributed by atoms with Crippen LogP contribution in [0.2, 0.25) is 0 Å². The molecule has 2 aliphatic rings. The van der Waals surface area contributed by atoms with Crippen LogP contribution < -0.4 is 5.32 Å². The monoisotopic (exact) mass is 198 g/mol. The van der Waals surface area contributed by atoms with Gasteiger partial charge in [0, 0.05) is 18.6 Å². The number of hydrogen-bond donors (Lipinski definition) is 2. The molecule has 0 radical (unpaired) electrons. The van der Waals surface area contributed by atoms with Crippen LogP contribution in [0.4, 0.5) is 4.79 Å². The second-order valence-electron chi connectivity index (χ2n) is 4.23. The number of carbonyl (C=O) groups excluding carboxylic acids is 1. The minimum absolute atomic E-state index is 0.0197. The van der Waals surface area contributed by atoms with E-state index in [4.69, 9.17) is 5.11 Å². The van der Waals surface area contributed by atoms with Crippen LogP contribution in [0.3, 0.4) is 0 Å². The molecule has 80 valence electrons. The van der Waals surface area contributed by atoms with Crippen LogP contribution in [0.1, 0.15) is 32.1 Å². The molecule has 0 aromatic carbocycles. The molecule has 0 saturated heterocycles. The Hall–Kier alpha value is -0.770. The van der Waals surface area contributed by atoms with Gasteiger partial charge in [-0.05, 0) is 32.1 Å². The zero-order valence-corrected chi connectivity index (χ0v) is 8.41. The summed E-state index contributed by atoms with van der Waals surface area (Å²) in [7, 11) is 0. The normalized spacial score (nSPS) is 21.5. The van der Waals surface area contributed by atoms with Gasteiger partial charge in [-0.2, -0.15) is 0 Å². The van der Waals surface area contributed by atoms with Crippen molar-refractivity contribution in [3.05, 3.63) is 0 Å². The van der Waals surface area contributed by atoms with Crippen LogP contribution in [-0.4, -0.2) is 41.3 Å². The molecule has 2 rings (SSSR count). The molecule has 14 heavy (non-hydrogen) atoms. The molecular weight excluding hydrogens is 180 g/mol. The highest BCUT2D eigenvalue weighted by Crippen LogP contribution is 2.25. The zero-order chi connectivity index (χ0) is 9.97. The van der Waals surface area contributed by atoms with Gasteiger partial charge in [0.1, 0.15) is 0 Å². The molecule has 2 saturated carbocycles. The standard InChI is InChI=1S/C10H18N2O2/c13-7-6-12(9-2-1-3-9)10(14)11-8-4-5-8/h8-9,13H,1-7H2,(H,11,14). The lowest BCUT2D eigenvalue weighted by Gasteiger charge is -2.37. The van der Waals surface area contributed by atoms with Crippen molar-refractivity contribution in [3.8, 4) is 0 Å². The maximum absolute atomic E-state index is 11.7. The zero-order valence-electron chi connectivity index (χ0n) is 8.41. The molecule has 0 spiro atoms. The van der Waals surface area contributed by atoms with E-state index in [2.05, 4.69) is 5.32 Å². The lowest BCUT2D eigenvalue weighted by Crippen LogP contribution is -2.50. The van der Waals surface area contributed by atoms with E-state index in [9.17, 15) is 4.79 Å². The van der Waals surface area contributed by atoms with Crippen LogP contribution in [0.25, 0.3) is 0 Å². The van der Waals surface area contributed by atoms with E-state index in [1.165, 1.54) is 6.42 Å². The molecule has 4 nitrogen and oxygen atoms in total. The first-order valence-corrected chi connectivity index (χ1v) is 5.49. The first kappa shape index (κ1) is 9.77. The summed E-state index contributed by atoms with van der Waals surface area (Å²) >= 11 is 0. The molecule has 0 atom stereocenters. The third-order valence-corrected chi connectivity index (χ3v) is 3.02. The number of nitrogens with one attached hydrogen (secondary N) is 1. The van der Waals surface area contributed by atoms with Crippen molar-refractivity contribution in [2.75, 3.05) is 13.2 Å². The highest BCUT2D eigenvalue weighted by Gasteiger charge is 2.31. The van der Waals surface area contributed by atoms with Crippen molar-refractivity contribution in [3.63, 3.8) is 0 Å². The van der Waals surface area contributed by atoms with Gasteiger partial charge in [-0.3, -0.25) is 0 Å². The van der Waals surface area contributed by atoms with Crippen molar-refractivity contribution in [1.82, 2.24) is 10.2 Å². The molecule has 2 aliphatic carbocycles. The smallest absolute Gasteiger partial charge is 0.317 e. The highest BCUT2D eigenvalue weighted by molar-refractivity contribution is 5.75. The number of urea groups is 1. The predicted octanol–water partition coefficient (Wildman–Crippen LogP) is 0.705. The Balaban J connectivity index is 1.83. The lowest BCUT2D eigenvalue weighted by atomic mass is 9.92. The summed E-state index contributed by atoms with van der Waals surface area (Å²) in [6.45, 7) is 0.539. The summed E-state index contributed by atoms with van der Waals surface area (Å²) in [4.78, 5) is 13.5. The van der Waals surface area contributed by atoms with Gasteiger partial charge in [0.25, 0.3) is 0 Å². The van der Waals surface area contributed by atoms with Crippen molar-refractivity contribution >= 4 is 6.03 Å². The van der Waals surface area contributed by atoms with Gasteiger partial charge >= 0.3 is 6.03 Å². The number of hydrogen-bond acceptors (Lipinski definition) is 2. The van der Waals surface area contributed by atoms with Crippen LogP contribution in [0, 0.1) is 0 Å². The van der Waals surface area contributed by atoms with Crippen molar-refractivity contribution in [1.29, 1.82) is 0 Å². The number of aliphatic hydroxyl groups excluding tert-OH is 1. The molecular formula is C10H18N2O2. The maximum Gasteiger partial charge on any atom is 0.317 e. The fraction of sp³-hybridized carbons (Fsp3) is 0.900. The summed E-state index contributed by atoms with van der Waals surface area (Å²) in [5.41, 5.74) is 0. The van der Waals surface area contributed by atoms with Crippen LogP contribution in [0.5, 0.6) is 0 Å². The number of rotatable bonds is 4. The SMILES string of the molecule is O=C(NC1CC1)N(CCO)C1CCC1. The summed E-state index contributed by atoms with van der Waals surface area (Å²) in [5.74, 6) is 0. The Morgan fingerprint density at radius 2 is 2.07 bits per heavy atom. The number of aliphatic hydroxyl groups is 1. The fourth-order valence-corrected chi connectivity index (χ4v) is 1.74. The van der Waals surface area contributed by atoms with E-state index in [0.717, 1.165) is 25.7 Å². The Morgan fingerprint density at radius 3 is 2.50 bits per heavy atom. The van der Waals surface area contributed by atoms with E-state index in [-0.39, 0.29) is 12.6 Å². The maximum atomic E-state index is 11.7. The minimum atomic E-state index is 0.0197. The molecule has 2 N–H and O–H groups in total. The first-order valence-electron chi connectivity index (χ1n) is 5.49. The second-order valence-corrected chi connectivity index (χ2v) is 4.23. The molecule has 0 bridgehead atoms. The number of nitrogens with zero attached hydrogens (tertiary/aromatic N) is 1. The Labute approximate surface area is 84.3 Å². The molecule has 2 fully saturated rings. The second kappa shape index (κ2) is 4.17. The minimum Gasteiger partial charge on any atom is -0.395 e. The van der Waals surface area contributed by atoms with E-state index < -0.39 is 0 Å². The summed E-state index contributed by atoms with van der Waals surface area (Å²) in [5, 5.41) is 11.8. The third kappa shape index (κ3) is 2.18. The Morgan fingerprint density at radius 1 is 1.36 bits per heavy atom. The largest absolute Gasteiger partial charge is 0.395 e. The van der Waals surface area contributed by atoms with Crippen molar-refractivity contribution < 1.29 is 9.90 Å². The summed E-state index contributed by atoms with van der Waals surface area (Å²) in [6.07, 6.45) is 5.63. The van der Waals surface area contributed by atoms with Crippen LogP contribution >= 0.6 is 0 Å². The molecule has 0 unspecified atom stereocenters. The molecule has 0 aliphatic heterocycles. The third-order valence-electron chi connectivity index (χ3n) is 3.02. The highest BCUT2D eigenvalue weighted by atomic mass is 16.3. The molecule has 0 aromatic rings. The van der Waals surface area contributed by atoms with Gasteiger partial charge in [0.05, 0.1) is 6.61 Å². The topological polar surface area (TPSA) is 52.6 Å². The van der Waals surface area contributed by atoms with E-state index in [0.29, 0.717) is 18.6 Å². The van der Waals surface area contributed by atoms with Gasteiger partial charge in [0.15, 0.2) is 0 Å². The predicted molar refractivity (Wildman–Crippen MR) is 53.0 cm³/mol. The Kier molecular flexibility index (Phi) is 2.91. The van der Waals surface area contributed by atoms with E-state index >= 15 is 0 Å². The lowest BCUT2D eigenvalue weighted by molar-refractivity contribution is 0.118. The van der Waals surface area contributed by atoms with Crippen LogP contribution in [0.15, 0.2) is 0 Å². The quantitative estimate of drug-likeness (QED) is 0.699. The van der Waals surface area contributed by atoms with Gasteiger partial charge in [-0.15, -0.1) is 0 Å². The van der Waals surface area contributed by atoms with Crippen molar-refractivity contribution in [2.24, 2.45) is 0 Å². The van der Waals surface area contributed by atoms with Crippen molar-refractivity contribution in [2.45, 2.75) is 44.2 Å². The Bertz CT molecular complexity index is 212. The van der Waals surface area contributed by atoms with Gasteiger partial charge in [-0.1, -0.05) is 0 Å². The molecule has 4 heteroatoms. The molecule has 0 heterocycles. The molecule has 0 aromatic heterocycles. The number of carbonyl (C=O) groups is 1. The number of amides is 2. The van der Waals surface area contributed by atoms with Gasteiger partial charge < -0.3 is 15.3 Å².